The van der Waals surface area contributed by atoms with Crippen molar-refractivity contribution in [1.29, 1.82) is 0 Å². The second-order valence-electron chi connectivity index (χ2n) is 8.86. The highest BCUT2D eigenvalue weighted by molar-refractivity contribution is 7.92. The van der Waals surface area contributed by atoms with Gasteiger partial charge in [-0.05, 0) is 73.9 Å². The lowest BCUT2D eigenvalue weighted by Gasteiger charge is -2.25. The minimum absolute atomic E-state index is 0.0491. The smallest absolute Gasteiger partial charge is 0.363 e. The van der Waals surface area contributed by atoms with Gasteiger partial charge in [0.05, 0.1) is 10.6 Å². The lowest BCUT2D eigenvalue weighted by atomic mass is 9.92. The molecule has 0 radical (unpaired) electrons. The summed E-state index contributed by atoms with van der Waals surface area (Å²) in [6.07, 6.45) is 9.47. The zero-order valence-corrected chi connectivity index (χ0v) is 18.8. The summed E-state index contributed by atoms with van der Waals surface area (Å²) >= 11 is 0. The third-order valence-corrected chi connectivity index (χ3v) is 7.98. The van der Waals surface area contributed by atoms with Crippen molar-refractivity contribution >= 4 is 32.4 Å². The highest BCUT2D eigenvalue weighted by Gasteiger charge is 2.25. The first-order chi connectivity index (χ1) is 15.5. The molecule has 0 atom stereocenters. The van der Waals surface area contributed by atoms with Crippen LogP contribution < -0.4 is 15.7 Å². The summed E-state index contributed by atoms with van der Waals surface area (Å²) in [6, 6.07) is 12.7. The number of fused-ring (bicyclic) bond motifs is 2. The predicted octanol–water partition coefficient (Wildman–Crippen LogP) is 5.22. The van der Waals surface area contributed by atoms with Gasteiger partial charge in [-0.2, -0.15) is 0 Å². The SMILES string of the molecule is O=c1oc2ccccc2c(NC2CCCCC2)c1NS(=O)(=O)c1ccc2c(c1)CCCC2. The molecule has 0 amide bonds. The van der Waals surface area contributed by atoms with E-state index in [-0.39, 0.29) is 16.6 Å². The third-order valence-electron chi connectivity index (χ3n) is 6.63. The van der Waals surface area contributed by atoms with Gasteiger partial charge in [0.15, 0.2) is 5.69 Å². The average Bonchev–Trinajstić information content (AvgIpc) is 2.81. The van der Waals surface area contributed by atoms with Crippen molar-refractivity contribution in [3.8, 4) is 0 Å². The molecule has 32 heavy (non-hydrogen) atoms. The first kappa shape index (κ1) is 21.1. The van der Waals surface area contributed by atoms with Crippen molar-refractivity contribution in [1.82, 2.24) is 0 Å². The molecule has 2 aliphatic carbocycles. The van der Waals surface area contributed by atoms with Gasteiger partial charge >= 0.3 is 5.63 Å². The molecule has 0 spiro atoms. The summed E-state index contributed by atoms with van der Waals surface area (Å²) in [5.74, 6) is 0. The number of aryl methyl sites for hydroxylation is 2. The van der Waals surface area contributed by atoms with E-state index in [1.54, 1.807) is 24.3 Å². The molecule has 3 aromatic rings. The zero-order valence-electron chi connectivity index (χ0n) is 18.0. The van der Waals surface area contributed by atoms with Gasteiger partial charge in [-0.3, -0.25) is 4.72 Å². The lowest BCUT2D eigenvalue weighted by molar-refractivity contribution is 0.462. The molecule has 1 heterocycles. The molecular weight excluding hydrogens is 424 g/mol. The first-order valence-corrected chi connectivity index (χ1v) is 13.0. The standard InChI is InChI=1S/C25H28N2O4S/c28-25-24(27-32(29,30)20-15-14-17-8-4-5-9-18(17)16-20)23(26-19-10-2-1-3-11-19)21-12-6-7-13-22(21)31-25/h6-7,12-16,19,26-27H,1-5,8-11H2. The van der Waals surface area contributed by atoms with Crippen LogP contribution >= 0.6 is 0 Å². The van der Waals surface area contributed by atoms with Crippen LogP contribution in [-0.4, -0.2) is 14.5 Å². The van der Waals surface area contributed by atoms with E-state index in [0.29, 0.717) is 16.7 Å². The number of anilines is 2. The number of hydrogen-bond donors (Lipinski definition) is 2. The molecule has 1 aromatic heterocycles. The maximum Gasteiger partial charge on any atom is 0.363 e. The molecule has 1 fully saturated rings. The molecule has 0 saturated heterocycles. The number of sulfonamides is 1. The van der Waals surface area contributed by atoms with E-state index in [4.69, 9.17) is 4.42 Å². The Kier molecular flexibility index (Phi) is 5.67. The molecule has 2 N–H and O–H groups in total. The van der Waals surface area contributed by atoms with Crippen LogP contribution in [0.25, 0.3) is 11.0 Å². The lowest BCUT2D eigenvalue weighted by Crippen LogP contribution is -2.26. The summed E-state index contributed by atoms with van der Waals surface area (Å²) in [5.41, 5.74) is 2.48. The second kappa shape index (κ2) is 8.62. The van der Waals surface area contributed by atoms with Crippen molar-refractivity contribution in [3.63, 3.8) is 0 Å². The fraction of sp³-hybridized carbons (Fsp3) is 0.400. The Bertz CT molecular complexity index is 1310. The van der Waals surface area contributed by atoms with Gasteiger partial charge in [-0.25, -0.2) is 13.2 Å². The minimum atomic E-state index is -3.95. The van der Waals surface area contributed by atoms with Crippen LogP contribution in [0.5, 0.6) is 0 Å². The number of benzene rings is 2. The van der Waals surface area contributed by atoms with Crippen molar-refractivity contribution in [2.24, 2.45) is 0 Å². The van der Waals surface area contributed by atoms with Gasteiger partial charge in [0.1, 0.15) is 5.58 Å². The van der Waals surface area contributed by atoms with Gasteiger partial charge in [0.25, 0.3) is 10.0 Å². The Morgan fingerprint density at radius 3 is 2.41 bits per heavy atom. The van der Waals surface area contributed by atoms with Crippen LogP contribution in [-0.2, 0) is 22.9 Å². The summed E-state index contributed by atoms with van der Waals surface area (Å²) in [5, 5.41) is 4.17. The van der Waals surface area contributed by atoms with Crippen LogP contribution in [0.1, 0.15) is 56.1 Å². The van der Waals surface area contributed by atoms with E-state index in [9.17, 15) is 13.2 Å². The topological polar surface area (TPSA) is 88.4 Å². The molecule has 5 rings (SSSR count). The van der Waals surface area contributed by atoms with Crippen LogP contribution in [0.3, 0.4) is 0 Å². The van der Waals surface area contributed by atoms with E-state index < -0.39 is 15.6 Å². The summed E-state index contributed by atoms with van der Waals surface area (Å²) in [4.78, 5) is 13.1. The van der Waals surface area contributed by atoms with Crippen molar-refractivity contribution in [2.75, 3.05) is 10.0 Å². The molecule has 2 aliphatic rings. The Morgan fingerprint density at radius 1 is 0.844 bits per heavy atom. The van der Waals surface area contributed by atoms with Gasteiger partial charge in [0, 0.05) is 11.4 Å². The molecular formula is C25H28N2O4S. The maximum atomic E-state index is 13.3. The van der Waals surface area contributed by atoms with Crippen molar-refractivity contribution in [2.45, 2.75) is 68.7 Å². The fourth-order valence-electron chi connectivity index (χ4n) is 4.91. The zero-order chi connectivity index (χ0) is 22.1. The van der Waals surface area contributed by atoms with E-state index in [1.807, 2.05) is 18.2 Å². The van der Waals surface area contributed by atoms with Crippen LogP contribution in [0.2, 0.25) is 0 Å². The fourth-order valence-corrected chi connectivity index (χ4v) is 6.03. The molecule has 1 saturated carbocycles. The van der Waals surface area contributed by atoms with E-state index in [0.717, 1.165) is 56.9 Å². The number of rotatable bonds is 5. The van der Waals surface area contributed by atoms with E-state index in [2.05, 4.69) is 10.0 Å². The third kappa shape index (κ3) is 4.13. The van der Waals surface area contributed by atoms with Gasteiger partial charge in [-0.1, -0.05) is 37.5 Å². The van der Waals surface area contributed by atoms with Gasteiger partial charge in [0.2, 0.25) is 0 Å². The molecule has 2 aromatic carbocycles. The molecule has 6 nitrogen and oxygen atoms in total. The maximum absolute atomic E-state index is 13.3. The Morgan fingerprint density at radius 2 is 1.59 bits per heavy atom. The van der Waals surface area contributed by atoms with Crippen LogP contribution in [0, 0.1) is 0 Å². The molecule has 168 valence electrons. The second-order valence-corrected chi connectivity index (χ2v) is 10.5. The van der Waals surface area contributed by atoms with E-state index >= 15 is 0 Å². The average molecular weight is 453 g/mol. The Balaban J connectivity index is 1.56. The molecule has 0 bridgehead atoms. The summed E-state index contributed by atoms with van der Waals surface area (Å²) < 4.78 is 34.6. The van der Waals surface area contributed by atoms with Crippen molar-refractivity contribution in [3.05, 3.63) is 64.0 Å². The Labute approximate surface area is 188 Å². The van der Waals surface area contributed by atoms with Crippen LogP contribution in [0.15, 0.2) is 56.6 Å². The van der Waals surface area contributed by atoms with Crippen LogP contribution in [0.4, 0.5) is 11.4 Å². The normalized spacial score (nSPS) is 17.1. The highest BCUT2D eigenvalue weighted by Crippen LogP contribution is 2.33. The molecule has 0 unspecified atom stereocenters. The summed E-state index contributed by atoms with van der Waals surface area (Å²) in [6.45, 7) is 0. The summed E-state index contributed by atoms with van der Waals surface area (Å²) in [7, 11) is -3.95. The molecule has 0 aliphatic heterocycles. The number of hydrogen-bond acceptors (Lipinski definition) is 5. The first-order valence-electron chi connectivity index (χ1n) is 11.5. The van der Waals surface area contributed by atoms with E-state index in [1.165, 1.54) is 12.0 Å². The van der Waals surface area contributed by atoms with Gasteiger partial charge in [-0.15, -0.1) is 0 Å². The minimum Gasteiger partial charge on any atom is -0.421 e. The largest absolute Gasteiger partial charge is 0.421 e. The van der Waals surface area contributed by atoms with Gasteiger partial charge < -0.3 is 9.73 Å². The Hall–Kier alpha value is -2.80. The number of para-hydroxylation sites is 1. The highest BCUT2D eigenvalue weighted by atomic mass is 32.2. The number of nitrogens with one attached hydrogen (secondary N) is 2. The monoisotopic (exact) mass is 452 g/mol. The quantitative estimate of drug-likeness (QED) is 0.518. The molecule has 7 heteroatoms. The predicted molar refractivity (Wildman–Crippen MR) is 127 cm³/mol. The van der Waals surface area contributed by atoms with Crippen molar-refractivity contribution < 1.29 is 12.8 Å².